The van der Waals surface area contributed by atoms with Gasteiger partial charge in [0.2, 0.25) is 0 Å². The highest BCUT2D eigenvalue weighted by molar-refractivity contribution is 5.85. The molecule has 2 rings (SSSR count). The number of halogens is 4. The van der Waals surface area contributed by atoms with Gasteiger partial charge in [0, 0.05) is 37.8 Å². The molecular weight excluding hydrogens is 301 g/mol. The molecule has 1 aromatic rings. The van der Waals surface area contributed by atoms with Gasteiger partial charge in [0.15, 0.2) is 11.6 Å². The minimum atomic E-state index is -1.07. The van der Waals surface area contributed by atoms with E-state index >= 15 is 0 Å². The van der Waals surface area contributed by atoms with Crippen LogP contribution in [0.4, 0.5) is 13.2 Å². The monoisotopic (exact) mass is 322 g/mol. The summed E-state index contributed by atoms with van der Waals surface area (Å²) in [5.41, 5.74) is -0.549. The van der Waals surface area contributed by atoms with Crippen LogP contribution in [0.3, 0.4) is 0 Å². The summed E-state index contributed by atoms with van der Waals surface area (Å²) in [4.78, 5) is 2.03. The predicted octanol–water partition coefficient (Wildman–Crippen LogP) is 3.52. The van der Waals surface area contributed by atoms with E-state index in [2.05, 4.69) is 5.32 Å². The van der Waals surface area contributed by atoms with Gasteiger partial charge in [-0.1, -0.05) is 20.8 Å². The molecule has 0 spiro atoms. The molecule has 0 bridgehead atoms. The van der Waals surface area contributed by atoms with Gasteiger partial charge in [-0.25, -0.2) is 13.2 Å². The van der Waals surface area contributed by atoms with Crippen molar-refractivity contribution in [2.45, 2.75) is 26.8 Å². The van der Waals surface area contributed by atoms with E-state index in [1.807, 2.05) is 25.7 Å². The van der Waals surface area contributed by atoms with Crippen molar-refractivity contribution in [1.82, 2.24) is 10.2 Å². The lowest BCUT2D eigenvalue weighted by atomic mass is 9.80. The summed E-state index contributed by atoms with van der Waals surface area (Å²) in [5.74, 6) is -2.74. The van der Waals surface area contributed by atoms with Crippen molar-refractivity contribution in [3.8, 4) is 0 Å². The fourth-order valence-electron chi connectivity index (χ4n) is 2.90. The topological polar surface area (TPSA) is 15.3 Å². The molecule has 6 heteroatoms. The molecular formula is C15H22ClF3N2. The zero-order chi connectivity index (χ0) is 14.9. The van der Waals surface area contributed by atoms with Crippen molar-refractivity contribution >= 4 is 12.4 Å². The summed E-state index contributed by atoms with van der Waals surface area (Å²) in [6, 6.07) is 1.36. The fourth-order valence-corrected chi connectivity index (χ4v) is 2.90. The van der Waals surface area contributed by atoms with Crippen molar-refractivity contribution in [3.05, 3.63) is 35.1 Å². The van der Waals surface area contributed by atoms with Crippen LogP contribution in [0, 0.1) is 22.9 Å². The Balaban J connectivity index is 0.00000220. The van der Waals surface area contributed by atoms with Crippen LogP contribution in [0.1, 0.15) is 32.4 Å². The van der Waals surface area contributed by atoms with Gasteiger partial charge < -0.3 is 5.32 Å². The van der Waals surface area contributed by atoms with Crippen LogP contribution in [0.5, 0.6) is 0 Å². The molecule has 0 amide bonds. The molecule has 1 aliphatic rings. The van der Waals surface area contributed by atoms with E-state index in [0.717, 1.165) is 25.2 Å². The standard InChI is InChI=1S/C15H21F3N2.ClH/c1-15(2,3)14(20-8-6-19-7-9-20)12-10(16)4-5-11(17)13(12)18;/h4-5,14,19H,6-9H2,1-3H3;1H/t14-;/m0./s1. The Morgan fingerprint density at radius 3 is 2.10 bits per heavy atom. The van der Waals surface area contributed by atoms with Gasteiger partial charge in [-0.15, -0.1) is 12.4 Å². The van der Waals surface area contributed by atoms with Crippen molar-refractivity contribution in [2.24, 2.45) is 5.41 Å². The van der Waals surface area contributed by atoms with E-state index in [4.69, 9.17) is 0 Å². The van der Waals surface area contributed by atoms with E-state index in [0.29, 0.717) is 13.1 Å². The second-order valence-corrected chi connectivity index (χ2v) is 6.31. The summed E-state index contributed by atoms with van der Waals surface area (Å²) in [7, 11) is 0. The molecule has 1 N–H and O–H groups in total. The zero-order valence-corrected chi connectivity index (χ0v) is 13.4. The second kappa shape index (κ2) is 6.99. The first-order valence-electron chi connectivity index (χ1n) is 6.90. The Bertz CT molecular complexity index is 483. The first-order chi connectivity index (χ1) is 9.32. The molecule has 1 saturated heterocycles. The molecule has 1 atom stereocenters. The zero-order valence-electron chi connectivity index (χ0n) is 12.5. The lowest BCUT2D eigenvalue weighted by Gasteiger charge is -2.42. The molecule has 120 valence electrons. The maximum atomic E-state index is 14.1. The average Bonchev–Trinajstić information content (AvgIpc) is 2.39. The highest BCUT2D eigenvalue weighted by atomic mass is 35.5. The molecule has 0 radical (unpaired) electrons. The Morgan fingerprint density at radius 1 is 1.05 bits per heavy atom. The Labute approximate surface area is 130 Å². The third kappa shape index (κ3) is 3.90. The largest absolute Gasteiger partial charge is 0.314 e. The molecule has 0 saturated carbocycles. The van der Waals surface area contributed by atoms with Gasteiger partial charge >= 0.3 is 0 Å². The van der Waals surface area contributed by atoms with Crippen LogP contribution in [0.15, 0.2) is 12.1 Å². The molecule has 0 aromatic heterocycles. The number of rotatable bonds is 2. The Hall–Kier alpha value is -0.780. The number of piperazine rings is 1. The number of nitrogens with one attached hydrogen (secondary N) is 1. The summed E-state index contributed by atoms with van der Waals surface area (Å²) in [6.07, 6.45) is 0. The molecule has 2 nitrogen and oxygen atoms in total. The smallest absolute Gasteiger partial charge is 0.166 e. The summed E-state index contributed by atoms with van der Waals surface area (Å²) < 4.78 is 41.8. The normalized spacial score (nSPS) is 18.2. The number of nitrogens with zero attached hydrogens (tertiary/aromatic N) is 1. The van der Waals surface area contributed by atoms with Crippen molar-refractivity contribution in [3.63, 3.8) is 0 Å². The van der Waals surface area contributed by atoms with Gasteiger partial charge in [-0.2, -0.15) is 0 Å². The summed E-state index contributed by atoms with van der Waals surface area (Å²) in [6.45, 7) is 8.68. The van der Waals surface area contributed by atoms with Gasteiger partial charge in [0.25, 0.3) is 0 Å². The summed E-state index contributed by atoms with van der Waals surface area (Å²) >= 11 is 0. The first-order valence-corrected chi connectivity index (χ1v) is 6.90. The Kier molecular flexibility index (Phi) is 6.08. The molecule has 21 heavy (non-hydrogen) atoms. The molecule has 1 aromatic carbocycles. The summed E-state index contributed by atoms with van der Waals surface area (Å²) in [5, 5.41) is 3.21. The average molecular weight is 323 g/mol. The maximum absolute atomic E-state index is 14.1. The SMILES string of the molecule is CC(C)(C)[C@H](c1c(F)ccc(F)c1F)N1CCNCC1.Cl. The van der Waals surface area contributed by atoms with E-state index < -0.39 is 28.9 Å². The molecule has 0 unspecified atom stereocenters. The van der Waals surface area contributed by atoms with Crippen LogP contribution in [0.2, 0.25) is 0 Å². The first kappa shape index (κ1) is 18.3. The third-order valence-corrected chi connectivity index (χ3v) is 3.69. The lowest BCUT2D eigenvalue weighted by molar-refractivity contribution is 0.0798. The molecule has 1 aliphatic heterocycles. The minimum absolute atomic E-state index is 0. The number of hydrogen-bond donors (Lipinski definition) is 1. The van der Waals surface area contributed by atoms with E-state index in [-0.39, 0.29) is 18.0 Å². The Morgan fingerprint density at radius 2 is 1.57 bits per heavy atom. The van der Waals surface area contributed by atoms with Gasteiger partial charge in [0.05, 0.1) is 0 Å². The van der Waals surface area contributed by atoms with Gasteiger partial charge in [-0.05, 0) is 17.5 Å². The van der Waals surface area contributed by atoms with Gasteiger partial charge in [0.1, 0.15) is 5.82 Å². The highest BCUT2D eigenvalue weighted by Crippen LogP contribution is 2.40. The predicted molar refractivity (Wildman–Crippen MR) is 80.2 cm³/mol. The number of hydrogen-bond acceptors (Lipinski definition) is 2. The lowest BCUT2D eigenvalue weighted by Crippen LogP contribution is -2.48. The van der Waals surface area contributed by atoms with Crippen LogP contribution >= 0.6 is 12.4 Å². The highest BCUT2D eigenvalue weighted by Gasteiger charge is 2.37. The van der Waals surface area contributed by atoms with E-state index in [1.54, 1.807) is 0 Å². The van der Waals surface area contributed by atoms with Crippen LogP contribution < -0.4 is 5.32 Å². The second-order valence-electron chi connectivity index (χ2n) is 6.31. The molecule has 0 aliphatic carbocycles. The number of benzene rings is 1. The van der Waals surface area contributed by atoms with Crippen molar-refractivity contribution in [2.75, 3.05) is 26.2 Å². The van der Waals surface area contributed by atoms with Crippen molar-refractivity contribution in [1.29, 1.82) is 0 Å². The molecule has 1 fully saturated rings. The fraction of sp³-hybridized carbons (Fsp3) is 0.600. The minimum Gasteiger partial charge on any atom is -0.314 e. The van der Waals surface area contributed by atoms with Crippen LogP contribution in [-0.2, 0) is 0 Å². The van der Waals surface area contributed by atoms with Crippen LogP contribution in [0.25, 0.3) is 0 Å². The molecule has 1 heterocycles. The quantitative estimate of drug-likeness (QED) is 0.838. The van der Waals surface area contributed by atoms with E-state index in [9.17, 15) is 13.2 Å². The van der Waals surface area contributed by atoms with E-state index in [1.165, 1.54) is 0 Å². The third-order valence-electron chi connectivity index (χ3n) is 3.69. The van der Waals surface area contributed by atoms with Crippen molar-refractivity contribution < 1.29 is 13.2 Å². The van der Waals surface area contributed by atoms with Gasteiger partial charge in [-0.3, -0.25) is 4.90 Å². The van der Waals surface area contributed by atoms with Crippen LogP contribution in [-0.4, -0.2) is 31.1 Å². The maximum Gasteiger partial charge on any atom is 0.166 e.